The van der Waals surface area contributed by atoms with Crippen molar-refractivity contribution in [1.29, 1.82) is 0 Å². The molecule has 0 amide bonds. The molecule has 0 unspecified atom stereocenters. The molecule has 0 aliphatic carbocycles. The van der Waals surface area contributed by atoms with Crippen molar-refractivity contribution in [2.24, 2.45) is 0 Å². The zero-order valence-electron chi connectivity index (χ0n) is 19.1. The molecule has 4 heterocycles. The van der Waals surface area contributed by atoms with E-state index in [4.69, 9.17) is 9.72 Å². The highest BCUT2D eigenvalue weighted by Gasteiger charge is 2.12. The van der Waals surface area contributed by atoms with Crippen molar-refractivity contribution in [3.05, 3.63) is 84.3 Å². The minimum Gasteiger partial charge on any atom is -0.469 e. The molecule has 10 nitrogen and oxygen atoms in total. The molecule has 0 bridgehead atoms. The van der Waals surface area contributed by atoms with Crippen molar-refractivity contribution < 1.29 is 9.53 Å². The Balaban J connectivity index is 1.38. The lowest BCUT2D eigenvalue weighted by molar-refractivity contribution is -0.139. The van der Waals surface area contributed by atoms with E-state index in [0.29, 0.717) is 29.1 Å². The Morgan fingerprint density at radius 3 is 2.63 bits per heavy atom. The number of nitrogens with one attached hydrogen (secondary N) is 2. The fraction of sp³-hybridized carbons (Fsp3) is 0.120. The van der Waals surface area contributed by atoms with Crippen molar-refractivity contribution in [3.8, 4) is 11.5 Å². The molecule has 0 fully saturated rings. The maximum atomic E-state index is 11.4. The summed E-state index contributed by atoms with van der Waals surface area (Å²) in [6, 6.07) is 18.7. The monoisotopic (exact) mass is 466 g/mol. The number of pyridine rings is 1. The molecule has 1 aromatic carbocycles. The number of esters is 1. The van der Waals surface area contributed by atoms with Gasteiger partial charge in [0.25, 0.3) is 0 Å². The van der Waals surface area contributed by atoms with Crippen LogP contribution < -0.4 is 10.6 Å². The van der Waals surface area contributed by atoms with Gasteiger partial charge in [0.05, 0.1) is 13.5 Å². The van der Waals surface area contributed by atoms with Gasteiger partial charge >= 0.3 is 5.97 Å². The van der Waals surface area contributed by atoms with Crippen LogP contribution in [0.4, 0.5) is 23.3 Å². The lowest BCUT2D eigenvalue weighted by Crippen LogP contribution is -2.06. The largest absolute Gasteiger partial charge is 0.469 e. The zero-order valence-corrected chi connectivity index (χ0v) is 19.1. The van der Waals surface area contributed by atoms with Crippen LogP contribution in [0.2, 0.25) is 0 Å². The standard InChI is InChI=1S/C25H22N8O2/c1-16-5-3-6-19(27-16)23-31-24(20-7-4-14-33(20)32-23)29-21-12-13-26-25(30-21)28-18-10-8-17(9-11-18)15-22(34)35-2/h3-14H,15H2,1-2H3,(H2,26,28,29,30,31,32). The van der Waals surface area contributed by atoms with Gasteiger partial charge in [-0.1, -0.05) is 18.2 Å². The van der Waals surface area contributed by atoms with E-state index in [2.05, 4.69) is 30.7 Å². The predicted octanol–water partition coefficient (Wildman–Crippen LogP) is 4.09. The van der Waals surface area contributed by atoms with Crippen LogP contribution in [0.1, 0.15) is 11.3 Å². The van der Waals surface area contributed by atoms with Gasteiger partial charge in [-0.05, 0) is 55.0 Å². The smallest absolute Gasteiger partial charge is 0.309 e. The maximum Gasteiger partial charge on any atom is 0.309 e. The van der Waals surface area contributed by atoms with Crippen LogP contribution in [0.15, 0.2) is 73.1 Å². The number of anilines is 4. The Morgan fingerprint density at radius 1 is 0.971 bits per heavy atom. The first kappa shape index (κ1) is 22.0. The number of carbonyl (C=O) groups is 1. The number of carbonyl (C=O) groups excluding carboxylic acids is 1. The van der Waals surface area contributed by atoms with E-state index in [1.807, 2.05) is 67.7 Å². The molecule has 0 saturated carbocycles. The van der Waals surface area contributed by atoms with E-state index >= 15 is 0 Å². The van der Waals surface area contributed by atoms with Crippen LogP contribution in [0.5, 0.6) is 0 Å². The molecule has 5 aromatic rings. The average Bonchev–Trinajstić information content (AvgIpc) is 3.35. The number of aromatic nitrogens is 6. The fourth-order valence-electron chi connectivity index (χ4n) is 3.49. The Morgan fingerprint density at radius 2 is 1.83 bits per heavy atom. The van der Waals surface area contributed by atoms with E-state index in [9.17, 15) is 4.79 Å². The lowest BCUT2D eigenvalue weighted by atomic mass is 10.1. The van der Waals surface area contributed by atoms with Crippen molar-refractivity contribution in [2.45, 2.75) is 13.3 Å². The molecular formula is C25H22N8O2. The molecule has 5 rings (SSSR count). The number of ether oxygens (including phenoxy) is 1. The third-order valence-corrected chi connectivity index (χ3v) is 5.20. The summed E-state index contributed by atoms with van der Waals surface area (Å²) in [4.78, 5) is 29.6. The van der Waals surface area contributed by atoms with Gasteiger partial charge in [0.15, 0.2) is 5.82 Å². The Kier molecular flexibility index (Phi) is 6.00. The van der Waals surface area contributed by atoms with Gasteiger partial charge < -0.3 is 15.4 Å². The van der Waals surface area contributed by atoms with Gasteiger partial charge in [0.2, 0.25) is 11.8 Å². The van der Waals surface area contributed by atoms with Gasteiger partial charge in [0, 0.05) is 23.8 Å². The maximum absolute atomic E-state index is 11.4. The Hall–Kier alpha value is -4.86. The van der Waals surface area contributed by atoms with Crippen LogP contribution in [-0.2, 0) is 16.0 Å². The van der Waals surface area contributed by atoms with Crippen molar-refractivity contribution in [1.82, 2.24) is 29.5 Å². The molecule has 0 saturated heterocycles. The SMILES string of the molecule is COC(=O)Cc1ccc(Nc2nccc(Nc3nc(-c4cccc(C)n4)nn4cccc34)n2)cc1. The minimum absolute atomic E-state index is 0.222. The normalized spacial score (nSPS) is 10.8. The number of hydrogen-bond donors (Lipinski definition) is 2. The molecule has 0 spiro atoms. The number of aryl methyl sites for hydroxylation is 1. The van der Waals surface area contributed by atoms with E-state index < -0.39 is 0 Å². The minimum atomic E-state index is -0.282. The summed E-state index contributed by atoms with van der Waals surface area (Å²) >= 11 is 0. The quantitative estimate of drug-likeness (QED) is 0.342. The summed E-state index contributed by atoms with van der Waals surface area (Å²) in [5.41, 5.74) is 4.02. The summed E-state index contributed by atoms with van der Waals surface area (Å²) in [7, 11) is 1.37. The molecular weight excluding hydrogens is 444 g/mol. The molecule has 35 heavy (non-hydrogen) atoms. The number of fused-ring (bicyclic) bond motifs is 1. The third kappa shape index (κ3) is 5.06. The molecule has 0 radical (unpaired) electrons. The highest BCUT2D eigenvalue weighted by molar-refractivity contribution is 5.74. The van der Waals surface area contributed by atoms with E-state index in [-0.39, 0.29) is 12.4 Å². The van der Waals surface area contributed by atoms with Gasteiger partial charge in [-0.2, -0.15) is 4.98 Å². The summed E-state index contributed by atoms with van der Waals surface area (Å²) in [5.74, 6) is 1.79. The first-order valence-electron chi connectivity index (χ1n) is 10.9. The summed E-state index contributed by atoms with van der Waals surface area (Å²) < 4.78 is 6.46. The molecule has 0 aliphatic heterocycles. The highest BCUT2D eigenvalue weighted by Crippen LogP contribution is 2.23. The number of methoxy groups -OCH3 is 1. The molecule has 0 aliphatic rings. The topological polar surface area (TPSA) is 119 Å². The molecule has 4 aromatic heterocycles. The highest BCUT2D eigenvalue weighted by atomic mass is 16.5. The van der Waals surface area contributed by atoms with Crippen LogP contribution in [0.25, 0.3) is 17.0 Å². The zero-order chi connectivity index (χ0) is 24.2. The second-order valence-electron chi connectivity index (χ2n) is 7.75. The first-order valence-corrected chi connectivity index (χ1v) is 10.9. The van der Waals surface area contributed by atoms with Gasteiger partial charge in [-0.3, -0.25) is 4.79 Å². The van der Waals surface area contributed by atoms with Crippen molar-refractivity contribution in [2.75, 3.05) is 17.7 Å². The Labute approximate surface area is 201 Å². The first-order chi connectivity index (χ1) is 17.1. The van der Waals surface area contributed by atoms with Crippen LogP contribution in [-0.4, -0.2) is 42.6 Å². The molecule has 0 atom stereocenters. The second kappa shape index (κ2) is 9.56. The second-order valence-corrected chi connectivity index (χ2v) is 7.75. The number of nitrogens with zero attached hydrogens (tertiary/aromatic N) is 6. The summed E-state index contributed by atoms with van der Waals surface area (Å²) in [6.07, 6.45) is 3.74. The number of rotatable bonds is 7. The average molecular weight is 467 g/mol. The summed E-state index contributed by atoms with van der Waals surface area (Å²) in [6.45, 7) is 1.93. The van der Waals surface area contributed by atoms with Crippen LogP contribution >= 0.6 is 0 Å². The molecule has 10 heteroatoms. The summed E-state index contributed by atoms with van der Waals surface area (Å²) in [5, 5.41) is 11.0. The van der Waals surface area contributed by atoms with Gasteiger partial charge in [-0.15, -0.1) is 5.10 Å². The number of benzene rings is 1. The fourth-order valence-corrected chi connectivity index (χ4v) is 3.49. The van der Waals surface area contributed by atoms with Crippen molar-refractivity contribution in [3.63, 3.8) is 0 Å². The van der Waals surface area contributed by atoms with Crippen LogP contribution in [0, 0.1) is 6.92 Å². The van der Waals surface area contributed by atoms with Crippen molar-refractivity contribution >= 4 is 34.8 Å². The molecule has 2 N–H and O–H groups in total. The number of hydrogen-bond acceptors (Lipinski definition) is 9. The van der Waals surface area contributed by atoms with E-state index in [1.54, 1.807) is 16.8 Å². The third-order valence-electron chi connectivity index (χ3n) is 5.20. The van der Waals surface area contributed by atoms with E-state index in [0.717, 1.165) is 22.5 Å². The molecule has 174 valence electrons. The van der Waals surface area contributed by atoms with Gasteiger partial charge in [-0.25, -0.2) is 19.5 Å². The lowest BCUT2D eigenvalue weighted by Gasteiger charge is -2.11. The van der Waals surface area contributed by atoms with Crippen LogP contribution in [0.3, 0.4) is 0 Å². The predicted molar refractivity (Wildman–Crippen MR) is 132 cm³/mol. The van der Waals surface area contributed by atoms with E-state index in [1.165, 1.54) is 7.11 Å². The van der Waals surface area contributed by atoms with Gasteiger partial charge in [0.1, 0.15) is 17.0 Å². The Bertz CT molecular complexity index is 1500.